The molecule has 0 saturated heterocycles. The van der Waals surface area contributed by atoms with Gasteiger partial charge in [0.15, 0.2) is 0 Å². The van der Waals surface area contributed by atoms with E-state index in [2.05, 4.69) is 27.7 Å². The maximum Gasteiger partial charge on any atom is 0.00340 e. The maximum atomic E-state index is 13.2. The molecule has 0 atom stereocenters. The van der Waals surface area contributed by atoms with Crippen LogP contribution in [0.25, 0.3) is 0 Å². The summed E-state index contributed by atoms with van der Waals surface area (Å²) in [5, 5.41) is 0. The molecule has 0 heterocycles. The molecule has 14 heavy (non-hydrogen) atoms. The third kappa shape index (κ3) is 3.72. The Balaban J connectivity index is 4.80. The van der Waals surface area contributed by atoms with Crippen molar-refractivity contribution in [1.29, 1.82) is 0 Å². The molecule has 2 heteroatoms. The Morgan fingerprint density at radius 3 is 1.00 bits per heavy atom. The molecule has 0 aromatic rings. The van der Waals surface area contributed by atoms with Crippen LogP contribution >= 0.6 is 0 Å². The molecule has 0 spiro atoms. The minimum Gasteiger partial charge on any atom is -0.282 e. The largest absolute Gasteiger partial charge is 0.282 e. The van der Waals surface area contributed by atoms with Crippen LogP contribution in [-0.4, -0.2) is 27.2 Å². The average molecular weight is 220 g/mol. The van der Waals surface area contributed by atoms with Gasteiger partial charge in [-0.25, -0.2) is 0 Å². The molecule has 0 N–H and O–H groups in total. The van der Waals surface area contributed by atoms with E-state index in [1.165, 1.54) is 0 Å². The predicted molar refractivity (Wildman–Crippen MR) is 68.8 cm³/mol. The summed E-state index contributed by atoms with van der Waals surface area (Å²) in [6.07, 6.45) is 4.30. The zero-order valence-electron chi connectivity index (χ0n) is 10.5. The van der Waals surface area contributed by atoms with Gasteiger partial charge in [0, 0.05) is 23.0 Å². The zero-order valence-corrected chi connectivity index (χ0v) is 11.3. The highest BCUT2D eigenvalue weighted by Crippen LogP contribution is 2.30. The van der Waals surface area contributed by atoms with Gasteiger partial charge in [-0.1, -0.05) is 36.8 Å². The van der Waals surface area contributed by atoms with Crippen LogP contribution in [-0.2, 0) is 9.07 Å². The van der Waals surface area contributed by atoms with Crippen LogP contribution < -0.4 is 0 Å². The Hall–Kier alpha value is 0.150. The fraction of sp³-hybridized carbons (Fsp3) is 1.00. The lowest BCUT2D eigenvalue weighted by molar-refractivity contribution is 0.645. The smallest absolute Gasteiger partial charge is 0.00340 e. The van der Waals surface area contributed by atoms with Crippen molar-refractivity contribution in [3.8, 4) is 0 Å². The lowest BCUT2D eigenvalue weighted by atomic mass is 10.5. The van der Waals surface area contributed by atoms with Crippen molar-refractivity contribution in [3.63, 3.8) is 0 Å². The van der Waals surface area contributed by atoms with E-state index in [0.717, 1.165) is 48.7 Å². The maximum absolute atomic E-state index is 13.2. The normalized spacial score (nSPS) is 15.0. The monoisotopic (exact) mass is 220 g/mol. The first-order valence-electron chi connectivity index (χ1n) is 6.15. The second-order valence-corrected chi connectivity index (χ2v) is 9.54. The SMILES string of the molecule is CCCS(=O)(CCC)(CCC)CCC. The summed E-state index contributed by atoms with van der Waals surface area (Å²) < 4.78 is 13.2. The van der Waals surface area contributed by atoms with Crippen molar-refractivity contribution >= 4 is 9.07 Å². The molecule has 0 bridgehead atoms. The van der Waals surface area contributed by atoms with Gasteiger partial charge < -0.3 is 0 Å². The Bertz CT molecular complexity index is 163. The van der Waals surface area contributed by atoms with Gasteiger partial charge in [-0.05, 0) is 25.7 Å². The van der Waals surface area contributed by atoms with Crippen LogP contribution in [0.4, 0.5) is 0 Å². The molecule has 0 radical (unpaired) electrons. The van der Waals surface area contributed by atoms with E-state index in [-0.39, 0.29) is 0 Å². The van der Waals surface area contributed by atoms with E-state index < -0.39 is 9.07 Å². The van der Waals surface area contributed by atoms with E-state index >= 15 is 0 Å². The van der Waals surface area contributed by atoms with Crippen molar-refractivity contribution < 1.29 is 4.21 Å². The van der Waals surface area contributed by atoms with Crippen molar-refractivity contribution in [2.45, 2.75) is 53.4 Å². The lowest BCUT2D eigenvalue weighted by Crippen LogP contribution is -2.46. The highest BCUT2D eigenvalue weighted by Gasteiger charge is 2.32. The van der Waals surface area contributed by atoms with Crippen LogP contribution in [0.15, 0.2) is 0 Å². The fourth-order valence-electron chi connectivity index (χ4n) is 2.68. The molecule has 0 aliphatic heterocycles. The molecule has 0 fully saturated rings. The van der Waals surface area contributed by atoms with E-state index in [1.54, 1.807) is 0 Å². The molecule has 88 valence electrons. The summed E-state index contributed by atoms with van der Waals surface area (Å²) in [6, 6.07) is 0. The van der Waals surface area contributed by atoms with Gasteiger partial charge in [0.2, 0.25) is 0 Å². The molecule has 0 aliphatic carbocycles. The summed E-state index contributed by atoms with van der Waals surface area (Å²) in [5.74, 6) is 3.86. The van der Waals surface area contributed by atoms with Gasteiger partial charge in [0.05, 0.1) is 0 Å². The Morgan fingerprint density at radius 2 is 0.857 bits per heavy atom. The average Bonchev–Trinajstić information content (AvgIpc) is 2.05. The molecular formula is C12H28OS. The van der Waals surface area contributed by atoms with Gasteiger partial charge in [0.25, 0.3) is 0 Å². The molecule has 0 amide bonds. The quantitative estimate of drug-likeness (QED) is 0.612. The third-order valence-corrected chi connectivity index (χ3v) is 8.65. The van der Waals surface area contributed by atoms with E-state index in [1.807, 2.05) is 0 Å². The summed E-state index contributed by atoms with van der Waals surface area (Å²) >= 11 is 0. The Morgan fingerprint density at radius 1 is 0.643 bits per heavy atom. The third-order valence-electron chi connectivity index (χ3n) is 2.88. The van der Waals surface area contributed by atoms with Crippen LogP contribution in [0.2, 0.25) is 0 Å². The van der Waals surface area contributed by atoms with Gasteiger partial charge >= 0.3 is 0 Å². The topological polar surface area (TPSA) is 17.1 Å². The van der Waals surface area contributed by atoms with Crippen molar-refractivity contribution in [2.75, 3.05) is 23.0 Å². The number of hydrogen-bond acceptors (Lipinski definition) is 1. The predicted octanol–water partition coefficient (Wildman–Crippen LogP) is 3.45. The standard InChI is InChI=1S/C12H28OS/c1-5-9-14(13,10-6-2,11-7-3)12-8-4/h5-12H2,1-4H3. The summed E-state index contributed by atoms with van der Waals surface area (Å²) in [4.78, 5) is 0. The molecule has 0 aromatic heterocycles. The second kappa shape index (κ2) is 5.89. The van der Waals surface area contributed by atoms with Crippen molar-refractivity contribution in [2.24, 2.45) is 0 Å². The van der Waals surface area contributed by atoms with Gasteiger partial charge in [0.1, 0.15) is 0 Å². The zero-order chi connectivity index (χ0) is 11.1. The van der Waals surface area contributed by atoms with E-state index in [4.69, 9.17) is 0 Å². The van der Waals surface area contributed by atoms with Gasteiger partial charge in [-0.2, -0.15) is 0 Å². The highest BCUT2D eigenvalue weighted by molar-refractivity contribution is 8.19. The molecule has 0 unspecified atom stereocenters. The molecule has 0 rings (SSSR count). The first-order valence-corrected chi connectivity index (χ1v) is 8.79. The Kier molecular flexibility index (Phi) is 5.96. The molecule has 0 aliphatic rings. The first-order chi connectivity index (χ1) is 6.54. The molecule has 0 saturated carbocycles. The van der Waals surface area contributed by atoms with Crippen LogP contribution in [0.3, 0.4) is 0 Å². The van der Waals surface area contributed by atoms with Crippen molar-refractivity contribution in [1.82, 2.24) is 0 Å². The summed E-state index contributed by atoms with van der Waals surface area (Å²) in [5.41, 5.74) is 0. The highest BCUT2D eigenvalue weighted by atomic mass is 32.3. The van der Waals surface area contributed by atoms with Crippen molar-refractivity contribution in [3.05, 3.63) is 0 Å². The Labute approximate surface area is 90.1 Å². The first kappa shape index (κ1) is 14.2. The minimum atomic E-state index is -2.26. The van der Waals surface area contributed by atoms with Gasteiger partial charge in [-0.15, -0.1) is 0 Å². The molecule has 1 nitrogen and oxygen atoms in total. The fourth-order valence-corrected chi connectivity index (χ4v) is 8.03. The van der Waals surface area contributed by atoms with Gasteiger partial charge in [-0.3, -0.25) is 4.21 Å². The number of rotatable bonds is 8. The molecule has 0 aromatic carbocycles. The minimum absolute atomic E-state index is 0.965. The van der Waals surface area contributed by atoms with Crippen LogP contribution in [0.1, 0.15) is 53.4 Å². The lowest BCUT2D eigenvalue weighted by Gasteiger charge is -2.42. The molecular weight excluding hydrogens is 192 g/mol. The van der Waals surface area contributed by atoms with E-state index in [9.17, 15) is 4.21 Å². The van der Waals surface area contributed by atoms with Crippen LogP contribution in [0, 0.1) is 0 Å². The summed E-state index contributed by atoms with van der Waals surface area (Å²) in [6.45, 7) is 8.65. The van der Waals surface area contributed by atoms with Crippen LogP contribution in [0.5, 0.6) is 0 Å². The second-order valence-electron chi connectivity index (χ2n) is 4.51. The van der Waals surface area contributed by atoms with E-state index in [0.29, 0.717) is 0 Å². The summed E-state index contributed by atoms with van der Waals surface area (Å²) in [7, 11) is -2.26. The number of hydrogen-bond donors (Lipinski definition) is 0.